The Balaban J connectivity index is 1.35. The van der Waals surface area contributed by atoms with E-state index in [0.717, 1.165) is 95.0 Å². The minimum atomic E-state index is 0.862. The zero-order valence-corrected chi connectivity index (χ0v) is 38.7. The Morgan fingerprint density at radius 3 is 0.859 bits per heavy atom. The highest BCUT2D eigenvalue weighted by molar-refractivity contribution is 6.18. The molecule has 71 heavy (non-hydrogen) atoms. The lowest BCUT2D eigenvalue weighted by Crippen LogP contribution is -2.16. The standard InChI is InChI=1S/C65H42N6/c1-41-20-18-30-51(67-41)61-64(70-56-35-14-6-26-47(56)48-27-7-15-36-57(48)70)62(68-52-31-10-2-22-43(52)44-23-3-11-32-53(44)68)60(42-21-19-39-66-40-42)63(69-54-33-12-4-24-45(54)46-25-5-13-34-55(46)69)65(61)71-58-37-16-8-28-49(58)50-29-9-17-38-59(50)71/h2-40H,1H3. The molecule has 0 amide bonds. The SMILES string of the molecule is Cc1cccc(-c2c(-n3c4ccccc4c4ccccc43)c(-n3c4ccccc4c4ccccc43)c(-c3cccnc3)c(-n3c4ccccc4c4ccccc43)c2-n2c3ccccc3c3ccccc32)n1. The average molecular weight is 907 g/mol. The van der Waals surface area contributed by atoms with Gasteiger partial charge in [-0.2, -0.15) is 0 Å². The molecule has 0 N–H and O–H groups in total. The Labute approximate surface area is 408 Å². The lowest BCUT2D eigenvalue weighted by atomic mass is 9.92. The van der Waals surface area contributed by atoms with E-state index in [2.05, 4.69) is 256 Å². The Hall–Kier alpha value is -9.52. The van der Waals surface area contributed by atoms with E-state index in [4.69, 9.17) is 9.97 Å². The molecular formula is C65H42N6. The first-order chi connectivity index (χ1) is 35.2. The van der Waals surface area contributed by atoms with Crippen LogP contribution in [0.2, 0.25) is 0 Å². The molecule has 0 atom stereocenters. The van der Waals surface area contributed by atoms with Gasteiger partial charge in [0.25, 0.3) is 0 Å². The zero-order chi connectivity index (χ0) is 46.7. The van der Waals surface area contributed by atoms with Crippen molar-refractivity contribution in [2.45, 2.75) is 6.92 Å². The third-order valence-electron chi connectivity index (χ3n) is 14.7. The van der Waals surface area contributed by atoms with Gasteiger partial charge in [-0.15, -0.1) is 0 Å². The van der Waals surface area contributed by atoms with Crippen molar-refractivity contribution < 1.29 is 0 Å². The van der Waals surface area contributed by atoms with Gasteiger partial charge in [-0.25, -0.2) is 0 Å². The third kappa shape index (κ3) is 5.58. The number of para-hydroxylation sites is 8. The molecule has 332 valence electrons. The number of hydrogen-bond acceptors (Lipinski definition) is 2. The van der Waals surface area contributed by atoms with Gasteiger partial charge in [-0.1, -0.05) is 158 Å². The normalized spacial score (nSPS) is 12.0. The van der Waals surface area contributed by atoms with E-state index in [1.807, 2.05) is 6.20 Å². The molecule has 6 nitrogen and oxygen atoms in total. The first kappa shape index (κ1) is 39.5. The average Bonchev–Trinajstić information content (AvgIpc) is 4.16. The summed E-state index contributed by atoms with van der Waals surface area (Å²) < 4.78 is 10.2. The van der Waals surface area contributed by atoms with E-state index in [-0.39, 0.29) is 0 Å². The summed E-state index contributed by atoms with van der Waals surface area (Å²) in [6, 6.07) is 81.8. The van der Waals surface area contributed by atoms with Crippen LogP contribution in [0.1, 0.15) is 5.69 Å². The predicted octanol–water partition coefficient (Wildman–Crippen LogP) is 16.5. The van der Waals surface area contributed by atoms with Gasteiger partial charge >= 0.3 is 0 Å². The zero-order valence-electron chi connectivity index (χ0n) is 38.7. The number of nitrogens with zero attached hydrogens (tertiary/aromatic N) is 6. The van der Waals surface area contributed by atoms with Gasteiger partial charge in [0.15, 0.2) is 0 Å². The van der Waals surface area contributed by atoms with Crippen molar-refractivity contribution in [3.63, 3.8) is 0 Å². The summed E-state index contributed by atoms with van der Waals surface area (Å²) in [5.41, 5.74) is 17.6. The highest BCUT2D eigenvalue weighted by Gasteiger charge is 2.35. The van der Waals surface area contributed by atoms with Crippen molar-refractivity contribution in [1.29, 1.82) is 0 Å². The second-order valence-corrected chi connectivity index (χ2v) is 18.5. The monoisotopic (exact) mass is 906 g/mol. The maximum Gasteiger partial charge on any atom is 0.0827 e. The Bertz CT molecular complexity index is 4190. The first-order valence-electron chi connectivity index (χ1n) is 24.3. The summed E-state index contributed by atoms with van der Waals surface area (Å²) in [5.74, 6) is 0. The summed E-state index contributed by atoms with van der Waals surface area (Å²) in [6.07, 6.45) is 3.94. The lowest BCUT2D eigenvalue weighted by Gasteiger charge is -2.31. The molecule has 0 saturated carbocycles. The number of fused-ring (bicyclic) bond motifs is 12. The number of hydrogen-bond donors (Lipinski definition) is 0. The molecule has 0 saturated heterocycles. The van der Waals surface area contributed by atoms with E-state index in [1.165, 1.54) is 43.1 Å². The molecule has 0 aliphatic rings. The second kappa shape index (κ2) is 15.2. The van der Waals surface area contributed by atoms with E-state index in [1.54, 1.807) is 0 Å². The van der Waals surface area contributed by atoms with Crippen LogP contribution >= 0.6 is 0 Å². The van der Waals surface area contributed by atoms with Gasteiger partial charge in [0, 0.05) is 72.3 Å². The summed E-state index contributed by atoms with van der Waals surface area (Å²) in [6.45, 7) is 2.11. The molecule has 6 aromatic heterocycles. The Morgan fingerprint density at radius 2 is 0.577 bits per heavy atom. The number of rotatable bonds is 6. The quantitative estimate of drug-likeness (QED) is 0.167. The van der Waals surface area contributed by atoms with Gasteiger partial charge < -0.3 is 18.3 Å². The van der Waals surface area contributed by atoms with Gasteiger partial charge in [0.2, 0.25) is 0 Å². The van der Waals surface area contributed by atoms with Crippen LogP contribution in [0.3, 0.4) is 0 Å². The van der Waals surface area contributed by atoms with Crippen LogP contribution in [0.15, 0.2) is 237 Å². The molecule has 0 aliphatic heterocycles. The van der Waals surface area contributed by atoms with Crippen molar-refractivity contribution in [2.24, 2.45) is 0 Å². The maximum atomic E-state index is 5.64. The molecule has 0 unspecified atom stereocenters. The summed E-state index contributed by atoms with van der Waals surface area (Å²) in [7, 11) is 0. The van der Waals surface area contributed by atoms with Crippen LogP contribution in [0.4, 0.5) is 0 Å². The maximum absolute atomic E-state index is 5.64. The predicted molar refractivity (Wildman–Crippen MR) is 295 cm³/mol. The number of aromatic nitrogens is 6. The van der Waals surface area contributed by atoms with Gasteiger partial charge in [0.1, 0.15) is 0 Å². The smallest absolute Gasteiger partial charge is 0.0827 e. The van der Waals surface area contributed by atoms with Crippen LogP contribution in [0.25, 0.3) is 132 Å². The van der Waals surface area contributed by atoms with Crippen molar-refractivity contribution in [1.82, 2.24) is 28.2 Å². The minimum Gasteiger partial charge on any atom is -0.306 e. The van der Waals surface area contributed by atoms with Crippen molar-refractivity contribution in [2.75, 3.05) is 0 Å². The molecule has 0 spiro atoms. The molecule has 0 bridgehead atoms. The van der Waals surface area contributed by atoms with Gasteiger partial charge in [-0.05, 0) is 73.7 Å². The third-order valence-corrected chi connectivity index (χ3v) is 14.7. The van der Waals surface area contributed by atoms with Crippen LogP contribution in [0, 0.1) is 6.92 Å². The fourth-order valence-electron chi connectivity index (χ4n) is 11.9. The first-order valence-corrected chi connectivity index (χ1v) is 24.3. The molecule has 6 heteroatoms. The van der Waals surface area contributed by atoms with Gasteiger partial charge in [0.05, 0.1) is 78.1 Å². The number of benzene rings is 9. The van der Waals surface area contributed by atoms with Crippen LogP contribution in [-0.2, 0) is 0 Å². The molecule has 6 heterocycles. The van der Waals surface area contributed by atoms with E-state index in [0.29, 0.717) is 0 Å². The number of aryl methyl sites for hydroxylation is 1. The van der Waals surface area contributed by atoms with Crippen LogP contribution < -0.4 is 0 Å². The molecule has 15 aromatic rings. The summed E-state index contributed by atoms with van der Waals surface area (Å²) >= 11 is 0. The topological polar surface area (TPSA) is 45.5 Å². The fraction of sp³-hybridized carbons (Fsp3) is 0.0154. The fourth-order valence-corrected chi connectivity index (χ4v) is 11.9. The molecular weight excluding hydrogens is 865 g/mol. The van der Waals surface area contributed by atoms with E-state index >= 15 is 0 Å². The Morgan fingerprint density at radius 1 is 0.282 bits per heavy atom. The largest absolute Gasteiger partial charge is 0.306 e. The lowest BCUT2D eigenvalue weighted by molar-refractivity contribution is 1.04. The molecule has 0 aliphatic carbocycles. The summed E-state index contributed by atoms with van der Waals surface area (Å²) in [5, 5.41) is 9.39. The second-order valence-electron chi connectivity index (χ2n) is 18.5. The highest BCUT2D eigenvalue weighted by Crippen LogP contribution is 2.54. The minimum absolute atomic E-state index is 0.862. The summed E-state index contributed by atoms with van der Waals surface area (Å²) in [4.78, 5) is 10.6. The van der Waals surface area contributed by atoms with Crippen molar-refractivity contribution in [3.05, 3.63) is 243 Å². The van der Waals surface area contributed by atoms with Gasteiger partial charge in [-0.3, -0.25) is 9.97 Å². The molecule has 0 fully saturated rings. The van der Waals surface area contributed by atoms with Crippen LogP contribution in [-0.4, -0.2) is 28.2 Å². The molecule has 15 rings (SSSR count). The van der Waals surface area contributed by atoms with Crippen LogP contribution in [0.5, 0.6) is 0 Å². The van der Waals surface area contributed by atoms with Crippen molar-refractivity contribution in [3.8, 4) is 45.1 Å². The molecule has 0 radical (unpaired) electrons. The van der Waals surface area contributed by atoms with E-state index in [9.17, 15) is 0 Å². The molecule has 9 aromatic carbocycles. The Kier molecular flexibility index (Phi) is 8.47. The highest BCUT2D eigenvalue weighted by atomic mass is 15.1. The number of pyridine rings is 2. The van der Waals surface area contributed by atoms with E-state index < -0.39 is 0 Å². The van der Waals surface area contributed by atoms with Crippen molar-refractivity contribution >= 4 is 87.2 Å².